The van der Waals surface area contributed by atoms with Crippen LogP contribution >= 0.6 is 11.3 Å². The highest BCUT2D eigenvalue weighted by molar-refractivity contribution is 7.13. The topological polar surface area (TPSA) is 72.4 Å². The number of nitrogens with two attached hydrogens (primary N) is 1. The van der Waals surface area contributed by atoms with Gasteiger partial charge in [-0.25, -0.2) is 0 Å². The molecule has 0 spiro atoms. The molecule has 2 rings (SSSR count). The summed E-state index contributed by atoms with van der Waals surface area (Å²) in [4.78, 5) is 12.9. The van der Waals surface area contributed by atoms with E-state index in [1.54, 1.807) is 6.07 Å². The van der Waals surface area contributed by atoms with Crippen LogP contribution in [0.25, 0.3) is 0 Å². The summed E-state index contributed by atoms with van der Waals surface area (Å²) in [6, 6.07) is 2.23. The van der Waals surface area contributed by atoms with Crippen LogP contribution < -0.4 is 5.73 Å². The monoisotopic (exact) mass is 297 g/mol. The molecule has 0 aromatic carbocycles. The van der Waals surface area contributed by atoms with Crippen molar-refractivity contribution in [3.63, 3.8) is 0 Å². The normalized spacial score (nSPS) is 23.1. The van der Waals surface area contributed by atoms with Gasteiger partial charge in [-0.15, -0.1) is 0 Å². The summed E-state index contributed by atoms with van der Waals surface area (Å²) < 4.78 is 0. The molecule has 20 heavy (non-hydrogen) atoms. The van der Waals surface area contributed by atoms with Gasteiger partial charge in [-0.3, -0.25) is 15.0 Å². The minimum absolute atomic E-state index is 0.232. The van der Waals surface area contributed by atoms with Crippen LogP contribution in [0.4, 0.5) is 5.00 Å². The molecule has 1 aliphatic rings. The van der Waals surface area contributed by atoms with Crippen molar-refractivity contribution in [1.29, 1.82) is 0 Å². The molecule has 0 amide bonds. The van der Waals surface area contributed by atoms with E-state index < -0.39 is 0 Å². The van der Waals surface area contributed by atoms with Gasteiger partial charge in [0.1, 0.15) is 0 Å². The SMILES string of the molecule is CCN(Cc1csc([N+](=O)[O-])c1)C1CCCCC1CN. The number of hydrogen-bond donors (Lipinski definition) is 1. The molecule has 1 fully saturated rings. The Bertz CT molecular complexity index is 449. The van der Waals surface area contributed by atoms with Crippen molar-refractivity contribution in [1.82, 2.24) is 4.90 Å². The second kappa shape index (κ2) is 7.15. The molecule has 1 saturated carbocycles. The quantitative estimate of drug-likeness (QED) is 0.647. The molecule has 2 N–H and O–H groups in total. The van der Waals surface area contributed by atoms with Gasteiger partial charge in [0, 0.05) is 24.0 Å². The number of nitro groups is 1. The van der Waals surface area contributed by atoms with E-state index in [9.17, 15) is 10.1 Å². The van der Waals surface area contributed by atoms with Gasteiger partial charge in [0.2, 0.25) is 0 Å². The van der Waals surface area contributed by atoms with E-state index in [2.05, 4.69) is 11.8 Å². The second-order valence-electron chi connectivity index (χ2n) is 5.46. The third kappa shape index (κ3) is 3.56. The predicted octanol–water partition coefficient (Wildman–Crippen LogP) is 3.00. The predicted molar refractivity (Wildman–Crippen MR) is 81.9 cm³/mol. The molecule has 2 atom stereocenters. The summed E-state index contributed by atoms with van der Waals surface area (Å²) in [7, 11) is 0. The Labute approximate surface area is 123 Å². The van der Waals surface area contributed by atoms with Crippen LogP contribution in [0.2, 0.25) is 0 Å². The lowest BCUT2D eigenvalue weighted by atomic mass is 9.83. The minimum Gasteiger partial charge on any atom is -0.330 e. The Kier molecular flexibility index (Phi) is 5.51. The van der Waals surface area contributed by atoms with E-state index in [1.165, 1.54) is 37.0 Å². The summed E-state index contributed by atoms with van der Waals surface area (Å²) >= 11 is 1.21. The fourth-order valence-electron chi connectivity index (χ4n) is 3.18. The van der Waals surface area contributed by atoms with E-state index in [4.69, 9.17) is 5.73 Å². The van der Waals surface area contributed by atoms with Gasteiger partial charge in [0.25, 0.3) is 0 Å². The first-order valence-electron chi connectivity index (χ1n) is 7.31. The van der Waals surface area contributed by atoms with Crippen molar-refractivity contribution in [2.24, 2.45) is 11.7 Å². The van der Waals surface area contributed by atoms with Crippen LogP contribution in [0.15, 0.2) is 11.4 Å². The first-order chi connectivity index (χ1) is 9.65. The maximum atomic E-state index is 10.8. The Morgan fingerprint density at radius 2 is 2.25 bits per heavy atom. The molecule has 0 aliphatic heterocycles. The summed E-state index contributed by atoms with van der Waals surface area (Å²) in [5.74, 6) is 0.567. The molecule has 0 saturated heterocycles. The maximum Gasteiger partial charge on any atom is 0.324 e. The molecule has 0 radical (unpaired) electrons. The minimum atomic E-state index is -0.312. The van der Waals surface area contributed by atoms with Crippen molar-refractivity contribution in [2.75, 3.05) is 13.1 Å². The molecular weight excluding hydrogens is 274 g/mol. The van der Waals surface area contributed by atoms with Crippen LogP contribution in [0.3, 0.4) is 0 Å². The van der Waals surface area contributed by atoms with Gasteiger partial charge < -0.3 is 5.73 Å². The van der Waals surface area contributed by atoms with Crippen LogP contribution in [0, 0.1) is 16.0 Å². The highest BCUT2D eigenvalue weighted by Gasteiger charge is 2.28. The third-order valence-electron chi connectivity index (χ3n) is 4.25. The standard InChI is InChI=1S/C14H23N3O2S/c1-2-16(13-6-4-3-5-12(13)8-15)9-11-7-14(17(18)19)20-10-11/h7,10,12-13H,2-6,8-9,15H2,1H3. The van der Waals surface area contributed by atoms with Crippen LogP contribution in [0.5, 0.6) is 0 Å². The molecule has 112 valence electrons. The Morgan fingerprint density at radius 3 is 2.85 bits per heavy atom. The maximum absolute atomic E-state index is 10.8. The van der Waals surface area contributed by atoms with Gasteiger partial charge in [0.15, 0.2) is 0 Å². The Balaban J connectivity index is 2.05. The molecule has 6 heteroatoms. The number of nitrogens with zero attached hydrogens (tertiary/aromatic N) is 2. The van der Waals surface area contributed by atoms with E-state index in [0.29, 0.717) is 12.0 Å². The Morgan fingerprint density at radius 1 is 1.50 bits per heavy atom. The average Bonchev–Trinajstić information content (AvgIpc) is 2.93. The number of rotatable bonds is 6. The zero-order valence-corrected chi connectivity index (χ0v) is 12.8. The van der Waals surface area contributed by atoms with Gasteiger partial charge in [0.05, 0.1) is 4.92 Å². The van der Waals surface area contributed by atoms with E-state index in [-0.39, 0.29) is 9.92 Å². The molecule has 1 heterocycles. The van der Waals surface area contributed by atoms with E-state index >= 15 is 0 Å². The summed E-state index contributed by atoms with van der Waals surface area (Å²) in [5.41, 5.74) is 6.96. The third-order valence-corrected chi connectivity index (χ3v) is 5.18. The lowest BCUT2D eigenvalue weighted by Crippen LogP contribution is -2.44. The smallest absolute Gasteiger partial charge is 0.324 e. The zero-order chi connectivity index (χ0) is 14.5. The molecule has 0 bridgehead atoms. The largest absolute Gasteiger partial charge is 0.330 e. The van der Waals surface area contributed by atoms with Gasteiger partial charge in [-0.2, -0.15) is 0 Å². The summed E-state index contributed by atoms with van der Waals surface area (Å²) in [6.07, 6.45) is 4.95. The van der Waals surface area contributed by atoms with Crippen molar-refractivity contribution in [3.8, 4) is 0 Å². The van der Waals surface area contributed by atoms with Crippen molar-refractivity contribution in [2.45, 2.75) is 45.2 Å². The lowest BCUT2D eigenvalue weighted by Gasteiger charge is -2.39. The highest BCUT2D eigenvalue weighted by atomic mass is 32.1. The van der Waals surface area contributed by atoms with Crippen LogP contribution in [-0.4, -0.2) is 29.0 Å². The fourth-order valence-corrected chi connectivity index (χ4v) is 3.90. The zero-order valence-electron chi connectivity index (χ0n) is 12.0. The summed E-state index contributed by atoms with van der Waals surface area (Å²) in [5, 5.41) is 12.9. The number of hydrogen-bond acceptors (Lipinski definition) is 5. The van der Waals surface area contributed by atoms with E-state index in [1.807, 2.05) is 5.38 Å². The van der Waals surface area contributed by atoms with Gasteiger partial charge in [-0.1, -0.05) is 31.1 Å². The first-order valence-corrected chi connectivity index (χ1v) is 8.19. The lowest BCUT2D eigenvalue weighted by molar-refractivity contribution is -0.380. The van der Waals surface area contributed by atoms with Crippen molar-refractivity contribution < 1.29 is 4.92 Å². The van der Waals surface area contributed by atoms with Gasteiger partial charge in [-0.05, 0) is 37.4 Å². The summed E-state index contributed by atoms with van der Waals surface area (Å²) in [6.45, 7) is 4.65. The Hall–Kier alpha value is -0.980. The van der Waals surface area contributed by atoms with Crippen molar-refractivity contribution >= 4 is 16.3 Å². The van der Waals surface area contributed by atoms with Crippen LogP contribution in [0.1, 0.15) is 38.2 Å². The van der Waals surface area contributed by atoms with Gasteiger partial charge >= 0.3 is 5.00 Å². The molecular formula is C14H23N3O2S. The highest BCUT2D eigenvalue weighted by Crippen LogP contribution is 2.30. The molecule has 1 aliphatic carbocycles. The molecule has 2 unspecified atom stereocenters. The van der Waals surface area contributed by atoms with Crippen molar-refractivity contribution in [3.05, 3.63) is 27.1 Å². The first kappa shape index (κ1) is 15.4. The molecule has 5 nitrogen and oxygen atoms in total. The average molecular weight is 297 g/mol. The molecule has 1 aromatic heterocycles. The molecule has 1 aromatic rings. The second-order valence-corrected chi connectivity index (χ2v) is 6.35. The van der Waals surface area contributed by atoms with E-state index in [0.717, 1.165) is 25.2 Å². The fraction of sp³-hybridized carbons (Fsp3) is 0.714. The van der Waals surface area contributed by atoms with Crippen LogP contribution in [-0.2, 0) is 6.54 Å². The number of thiophene rings is 1.